The van der Waals surface area contributed by atoms with Crippen LogP contribution in [0.25, 0.3) is 11.0 Å². The van der Waals surface area contributed by atoms with E-state index in [1.807, 2.05) is 0 Å². The first-order chi connectivity index (χ1) is 6.18. The number of nitrogens with zero attached hydrogens (tertiary/aromatic N) is 3. The molecule has 2 aromatic heterocycles. The van der Waals surface area contributed by atoms with Gasteiger partial charge in [0.15, 0.2) is 16.5 Å². The van der Waals surface area contributed by atoms with Crippen molar-refractivity contribution >= 4 is 29.6 Å². The Bertz CT molecular complexity index is 480. The molecule has 6 nitrogen and oxygen atoms in total. The molecule has 0 atom stereocenters. The molecule has 0 aliphatic carbocycles. The van der Waals surface area contributed by atoms with Crippen LogP contribution in [0.2, 0.25) is 0 Å². The average Bonchev–Trinajstić information content (AvgIpc) is 2.46. The van der Waals surface area contributed by atoms with E-state index in [1.54, 1.807) is 0 Å². The molecule has 0 amide bonds. The zero-order valence-electron chi connectivity index (χ0n) is 6.22. The second-order valence-corrected chi connectivity index (χ2v) is 2.71. The molecular formula is C6H4N4O2S. The van der Waals surface area contributed by atoms with E-state index in [0.717, 1.165) is 0 Å². The van der Waals surface area contributed by atoms with Crippen molar-refractivity contribution in [3.05, 3.63) is 11.9 Å². The smallest absolute Gasteiger partial charge is 0.357 e. The number of carbonyl (C=O) groups is 1. The maximum Gasteiger partial charge on any atom is 0.357 e. The number of fused-ring (bicyclic) bond motifs is 1. The van der Waals surface area contributed by atoms with Crippen LogP contribution < -0.4 is 0 Å². The van der Waals surface area contributed by atoms with Gasteiger partial charge in [-0.15, -0.1) is 12.6 Å². The highest BCUT2D eigenvalue weighted by atomic mass is 32.1. The van der Waals surface area contributed by atoms with Crippen LogP contribution in [0.5, 0.6) is 0 Å². The summed E-state index contributed by atoms with van der Waals surface area (Å²) in [6.07, 6.45) is 1.37. The molecule has 0 aromatic carbocycles. The van der Waals surface area contributed by atoms with Gasteiger partial charge in [0.1, 0.15) is 0 Å². The van der Waals surface area contributed by atoms with Crippen LogP contribution in [0.4, 0.5) is 0 Å². The number of thiol groups is 1. The fourth-order valence-electron chi connectivity index (χ4n) is 0.963. The van der Waals surface area contributed by atoms with Crippen LogP contribution in [-0.4, -0.2) is 31.2 Å². The van der Waals surface area contributed by atoms with Crippen LogP contribution in [0, 0.1) is 0 Å². The Morgan fingerprint density at radius 1 is 1.62 bits per heavy atom. The highest BCUT2D eigenvalue weighted by Crippen LogP contribution is 2.13. The van der Waals surface area contributed by atoms with Crippen LogP contribution in [0.3, 0.4) is 0 Å². The van der Waals surface area contributed by atoms with Crippen LogP contribution in [-0.2, 0) is 0 Å². The van der Waals surface area contributed by atoms with Crippen molar-refractivity contribution in [3.63, 3.8) is 0 Å². The maximum atomic E-state index is 10.6. The number of hydrogen-bond acceptors (Lipinski definition) is 5. The minimum atomic E-state index is -1.11. The van der Waals surface area contributed by atoms with E-state index < -0.39 is 5.97 Å². The molecule has 2 aromatic rings. The average molecular weight is 196 g/mol. The van der Waals surface area contributed by atoms with Gasteiger partial charge >= 0.3 is 5.97 Å². The van der Waals surface area contributed by atoms with E-state index in [1.165, 1.54) is 6.20 Å². The minimum absolute atomic E-state index is 0.0802. The number of aromatic nitrogens is 4. The summed E-state index contributed by atoms with van der Waals surface area (Å²) in [7, 11) is 0. The number of nitrogens with one attached hydrogen (secondary N) is 1. The third kappa shape index (κ3) is 1.22. The summed E-state index contributed by atoms with van der Waals surface area (Å²) in [6.45, 7) is 0. The van der Waals surface area contributed by atoms with Crippen LogP contribution in [0.15, 0.2) is 11.4 Å². The third-order valence-electron chi connectivity index (χ3n) is 1.51. The molecule has 13 heavy (non-hydrogen) atoms. The third-order valence-corrected chi connectivity index (χ3v) is 1.72. The summed E-state index contributed by atoms with van der Waals surface area (Å²) in [6, 6.07) is 0. The molecule has 0 fully saturated rings. The predicted molar refractivity (Wildman–Crippen MR) is 45.9 cm³/mol. The lowest BCUT2D eigenvalue weighted by atomic mass is 10.3. The van der Waals surface area contributed by atoms with E-state index in [2.05, 4.69) is 32.8 Å². The van der Waals surface area contributed by atoms with E-state index >= 15 is 0 Å². The number of hydrogen-bond donors (Lipinski definition) is 3. The summed E-state index contributed by atoms with van der Waals surface area (Å²) in [5.74, 6) is -1.11. The topological polar surface area (TPSA) is 91.8 Å². The van der Waals surface area contributed by atoms with Gasteiger partial charge in [-0.05, 0) is 0 Å². The first kappa shape index (κ1) is 7.99. The second kappa shape index (κ2) is 2.70. The van der Waals surface area contributed by atoms with Crippen molar-refractivity contribution in [2.45, 2.75) is 5.16 Å². The Balaban J connectivity index is 2.76. The predicted octanol–water partition coefficient (Wildman–Crippen LogP) is 0.340. The van der Waals surface area contributed by atoms with Gasteiger partial charge in [-0.3, -0.25) is 5.10 Å². The second-order valence-electron chi connectivity index (χ2n) is 2.31. The number of aromatic amines is 1. The normalized spacial score (nSPS) is 10.5. The van der Waals surface area contributed by atoms with E-state index in [9.17, 15) is 4.79 Å². The monoisotopic (exact) mass is 196 g/mol. The molecule has 0 spiro atoms. The van der Waals surface area contributed by atoms with Gasteiger partial charge in [-0.25, -0.2) is 14.8 Å². The Kier molecular flexibility index (Phi) is 1.66. The van der Waals surface area contributed by atoms with Crippen molar-refractivity contribution in [2.75, 3.05) is 0 Å². The number of H-pyrrole nitrogens is 1. The number of carboxylic acids is 1. The van der Waals surface area contributed by atoms with E-state index in [4.69, 9.17) is 5.11 Å². The maximum absolute atomic E-state index is 10.6. The van der Waals surface area contributed by atoms with Gasteiger partial charge < -0.3 is 5.11 Å². The standard InChI is InChI=1S/C6H4N4O2S/c11-5(12)3-2-1-7-6(13)8-4(2)10-9-3/h1H,(H,11,12)(H2,7,8,9,10,13). The molecule has 0 saturated heterocycles. The Hall–Kier alpha value is -1.63. The van der Waals surface area contributed by atoms with Crippen molar-refractivity contribution in [2.24, 2.45) is 0 Å². The quantitative estimate of drug-likeness (QED) is 0.452. The summed E-state index contributed by atoms with van der Waals surface area (Å²) in [5.41, 5.74) is 0.292. The van der Waals surface area contributed by atoms with Crippen LogP contribution >= 0.6 is 12.6 Å². The molecule has 0 aliphatic rings. The Morgan fingerprint density at radius 2 is 2.38 bits per heavy atom. The van der Waals surface area contributed by atoms with Crippen molar-refractivity contribution in [3.8, 4) is 0 Å². The van der Waals surface area contributed by atoms with Gasteiger partial charge in [0.2, 0.25) is 0 Å². The Labute approximate surface area is 77.4 Å². The number of aromatic carboxylic acids is 1. The van der Waals surface area contributed by atoms with Gasteiger partial charge in [-0.1, -0.05) is 0 Å². The van der Waals surface area contributed by atoms with Crippen molar-refractivity contribution in [1.82, 2.24) is 20.2 Å². The van der Waals surface area contributed by atoms with Crippen molar-refractivity contribution in [1.29, 1.82) is 0 Å². The SMILES string of the molecule is O=C(O)c1n[nH]c2nc(S)ncc12. The molecule has 0 aliphatic heterocycles. The highest BCUT2D eigenvalue weighted by molar-refractivity contribution is 7.80. The first-order valence-corrected chi connectivity index (χ1v) is 3.76. The minimum Gasteiger partial charge on any atom is -0.476 e. The summed E-state index contributed by atoms with van der Waals surface area (Å²) in [5, 5.41) is 15.4. The summed E-state index contributed by atoms with van der Waals surface area (Å²) < 4.78 is 0. The molecule has 0 unspecified atom stereocenters. The fraction of sp³-hybridized carbons (Fsp3) is 0. The summed E-state index contributed by atoms with van der Waals surface area (Å²) in [4.78, 5) is 18.2. The highest BCUT2D eigenvalue weighted by Gasteiger charge is 2.13. The molecule has 0 radical (unpaired) electrons. The zero-order valence-corrected chi connectivity index (χ0v) is 7.12. The summed E-state index contributed by atoms with van der Waals surface area (Å²) >= 11 is 3.90. The number of carboxylic acid groups (broad SMARTS) is 1. The lowest BCUT2D eigenvalue weighted by Crippen LogP contribution is -1.97. The van der Waals surface area contributed by atoms with Crippen molar-refractivity contribution < 1.29 is 9.90 Å². The molecule has 2 N–H and O–H groups in total. The van der Waals surface area contributed by atoms with Gasteiger partial charge in [-0.2, -0.15) is 5.10 Å². The van der Waals surface area contributed by atoms with E-state index in [0.29, 0.717) is 11.0 Å². The molecular weight excluding hydrogens is 192 g/mol. The molecule has 7 heteroatoms. The molecule has 2 rings (SSSR count). The number of rotatable bonds is 1. The fourth-order valence-corrected chi connectivity index (χ4v) is 1.12. The van der Waals surface area contributed by atoms with E-state index in [-0.39, 0.29) is 10.9 Å². The van der Waals surface area contributed by atoms with Gasteiger partial charge in [0, 0.05) is 6.20 Å². The first-order valence-electron chi connectivity index (χ1n) is 3.32. The molecule has 0 saturated carbocycles. The zero-order chi connectivity index (χ0) is 9.42. The molecule has 66 valence electrons. The largest absolute Gasteiger partial charge is 0.476 e. The van der Waals surface area contributed by atoms with Crippen LogP contribution in [0.1, 0.15) is 10.5 Å². The lowest BCUT2D eigenvalue weighted by molar-refractivity contribution is 0.0692. The van der Waals surface area contributed by atoms with Gasteiger partial charge in [0.25, 0.3) is 0 Å². The molecule has 0 bridgehead atoms. The Morgan fingerprint density at radius 3 is 3.08 bits per heavy atom. The van der Waals surface area contributed by atoms with Gasteiger partial charge in [0.05, 0.1) is 5.39 Å². The lowest BCUT2D eigenvalue weighted by Gasteiger charge is -1.89. The molecule has 2 heterocycles.